The first-order chi connectivity index (χ1) is 7.75. The van der Waals surface area contributed by atoms with Gasteiger partial charge < -0.3 is 10.5 Å². The lowest BCUT2D eigenvalue weighted by Gasteiger charge is -2.29. The maximum Gasteiger partial charge on any atom is 0.149 e. The maximum absolute atomic E-state index is 12.0. The minimum Gasteiger partial charge on any atom is -0.379 e. The summed E-state index contributed by atoms with van der Waals surface area (Å²) in [6.07, 6.45) is 4.01. The van der Waals surface area contributed by atoms with Gasteiger partial charge in [0, 0.05) is 25.0 Å². The van der Waals surface area contributed by atoms with Crippen LogP contribution in [0.3, 0.4) is 0 Å². The van der Waals surface area contributed by atoms with Gasteiger partial charge in [-0.15, -0.1) is 0 Å². The molecular weight excluding hydrogens is 204 g/mol. The van der Waals surface area contributed by atoms with Gasteiger partial charge >= 0.3 is 0 Å². The van der Waals surface area contributed by atoms with Gasteiger partial charge in [-0.25, -0.2) is 0 Å². The van der Waals surface area contributed by atoms with E-state index in [2.05, 4.69) is 4.90 Å². The van der Waals surface area contributed by atoms with E-state index in [9.17, 15) is 4.79 Å². The summed E-state index contributed by atoms with van der Waals surface area (Å²) in [4.78, 5) is 14.3. The van der Waals surface area contributed by atoms with Crippen LogP contribution in [0.25, 0.3) is 0 Å². The third-order valence-electron chi connectivity index (χ3n) is 3.71. The van der Waals surface area contributed by atoms with E-state index in [4.69, 9.17) is 10.5 Å². The molecular formula is C12H22N2O2. The number of carbonyl (C=O) groups excluding carboxylic acids is 1. The van der Waals surface area contributed by atoms with Crippen LogP contribution in [0.4, 0.5) is 0 Å². The molecule has 0 atom stereocenters. The molecule has 0 bridgehead atoms. The van der Waals surface area contributed by atoms with Crippen molar-refractivity contribution in [3.8, 4) is 0 Å². The highest BCUT2D eigenvalue weighted by Crippen LogP contribution is 2.24. The minimum atomic E-state index is 0.266. The Balaban J connectivity index is 1.74. The lowest BCUT2D eigenvalue weighted by atomic mass is 9.83. The van der Waals surface area contributed by atoms with Gasteiger partial charge in [-0.1, -0.05) is 0 Å². The van der Waals surface area contributed by atoms with Crippen LogP contribution < -0.4 is 5.73 Å². The number of Topliss-reactive ketones (excluding diaryl/α,β-unsaturated/α-hetero) is 1. The van der Waals surface area contributed by atoms with Crippen LogP contribution in [0.5, 0.6) is 0 Å². The Bertz CT molecular complexity index is 231. The Kier molecular flexibility index (Phi) is 4.32. The molecule has 2 N–H and O–H groups in total. The lowest BCUT2D eigenvalue weighted by Crippen LogP contribution is -2.42. The number of nitrogens with two attached hydrogens (primary N) is 1. The van der Waals surface area contributed by atoms with Crippen LogP contribution in [0.2, 0.25) is 0 Å². The van der Waals surface area contributed by atoms with Crippen molar-refractivity contribution in [1.29, 1.82) is 0 Å². The van der Waals surface area contributed by atoms with Gasteiger partial charge in [-0.05, 0) is 25.7 Å². The van der Waals surface area contributed by atoms with E-state index in [-0.39, 0.29) is 5.92 Å². The summed E-state index contributed by atoms with van der Waals surface area (Å²) in [7, 11) is 0. The Morgan fingerprint density at radius 3 is 2.44 bits per heavy atom. The first kappa shape index (κ1) is 12.0. The van der Waals surface area contributed by atoms with Gasteiger partial charge in [-0.3, -0.25) is 9.69 Å². The molecule has 16 heavy (non-hydrogen) atoms. The highest BCUT2D eigenvalue weighted by molar-refractivity contribution is 5.83. The van der Waals surface area contributed by atoms with E-state index < -0.39 is 0 Å². The molecule has 1 aliphatic heterocycles. The quantitative estimate of drug-likeness (QED) is 0.757. The Hall–Kier alpha value is -0.450. The zero-order valence-corrected chi connectivity index (χ0v) is 9.86. The molecule has 92 valence electrons. The molecule has 1 saturated carbocycles. The Labute approximate surface area is 97.1 Å². The molecule has 0 aromatic rings. The first-order valence-corrected chi connectivity index (χ1v) is 6.34. The smallest absolute Gasteiger partial charge is 0.149 e. The Morgan fingerprint density at radius 2 is 1.81 bits per heavy atom. The minimum absolute atomic E-state index is 0.266. The summed E-state index contributed by atoms with van der Waals surface area (Å²) in [6, 6.07) is 0.326. The average molecular weight is 226 g/mol. The van der Waals surface area contributed by atoms with Gasteiger partial charge in [0.15, 0.2) is 0 Å². The predicted octanol–water partition coefficient (Wildman–Crippen LogP) is 0.405. The molecule has 0 unspecified atom stereocenters. The monoisotopic (exact) mass is 226 g/mol. The van der Waals surface area contributed by atoms with Crippen LogP contribution in [0.15, 0.2) is 0 Å². The number of ether oxygens (including phenoxy) is 1. The van der Waals surface area contributed by atoms with Crippen LogP contribution in [-0.2, 0) is 9.53 Å². The van der Waals surface area contributed by atoms with Gasteiger partial charge in [0.2, 0.25) is 0 Å². The normalized spacial score (nSPS) is 32.6. The van der Waals surface area contributed by atoms with E-state index in [1.807, 2.05) is 0 Å². The fraction of sp³-hybridized carbons (Fsp3) is 0.917. The van der Waals surface area contributed by atoms with Crippen molar-refractivity contribution < 1.29 is 9.53 Å². The number of hydrogen-bond donors (Lipinski definition) is 1. The molecule has 2 rings (SSSR count). The van der Waals surface area contributed by atoms with E-state index in [1.165, 1.54) is 0 Å². The van der Waals surface area contributed by atoms with Gasteiger partial charge in [0.1, 0.15) is 5.78 Å². The summed E-state index contributed by atoms with van der Waals surface area (Å²) >= 11 is 0. The van der Waals surface area contributed by atoms with Crippen molar-refractivity contribution in [2.75, 3.05) is 32.8 Å². The molecule has 2 fully saturated rings. The largest absolute Gasteiger partial charge is 0.379 e. The van der Waals surface area contributed by atoms with Crippen LogP contribution in [0.1, 0.15) is 25.7 Å². The lowest BCUT2D eigenvalue weighted by molar-refractivity contribution is -0.126. The number of morpholine rings is 1. The highest BCUT2D eigenvalue weighted by atomic mass is 16.5. The van der Waals surface area contributed by atoms with Crippen LogP contribution >= 0.6 is 0 Å². The molecule has 0 radical (unpaired) electrons. The predicted molar refractivity (Wildman–Crippen MR) is 62.2 cm³/mol. The van der Waals surface area contributed by atoms with Crippen molar-refractivity contribution in [1.82, 2.24) is 4.90 Å². The average Bonchev–Trinajstić information content (AvgIpc) is 2.31. The van der Waals surface area contributed by atoms with E-state index in [0.717, 1.165) is 52.0 Å². The summed E-state index contributed by atoms with van der Waals surface area (Å²) in [6.45, 7) is 3.95. The van der Waals surface area contributed by atoms with Gasteiger partial charge in [0.05, 0.1) is 19.8 Å². The van der Waals surface area contributed by atoms with Crippen LogP contribution in [-0.4, -0.2) is 49.6 Å². The highest BCUT2D eigenvalue weighted by Gasteiger charge is 2.26. The topological polar surface area (TPSA) is 55.6 Å². The number of ketones is 1. The molecule has 0 amide bonds. The molecule has 4 heteroatoms. The Morgan fingerprint density at radius 1 is 1.19 bits per heavy atom. The maximum atomic E-state index is 12.0. The van der Waals surface area contributed by atoms with Crippen molar-refractivity contribution in [2.45, 2.75) is 31.7 Å². The number of nitrogens with zero attached hydrogens (tertiary/aromatic N) is 1. The van der Waals surface area contributed by atoms with Crippen molar-refractivity contribution in [3.05, 3.63) is 0 Å². The molecule has 1 aliphatic carbocycles. The summed E-state index contributed by atoms with van der Waals surface area (Å²) in [5, 5.41) is 0. The second-order valence-corrected chi connectivity index (χ2v) is 4.97. The van der Waals surface area contributed by atoms with Gasteiger partial charge in [-0.2, -0.15) is 0 Å². The summed E-state index contributed by atoms with van der Waals surface area (Å²) in [5.74, 6) is 0.677. The van der Waals surface area contributed by atoms with E-state index in [1.54, 1.807) is 0 Å². The fourth-order valence-electron chi connectivity index (χ4n) is 2.55. The van der Waals surface area contributed by atoms with Gasteiger partial charge in [0.25, 0.3) is 0 Å². The molecule has 1 heterocycles. The van der Waals surface area contributed by atoms with E-state index >= 15 is 0 Å². The zero-order valence-electron chi connectivity index (χ0n) is 9.86. The summed E-state index contributed by atoms with van der Waals surface area (Å²) in [5.41, 5.74) is 5.84. The third kappa shape index (κ3) is 3.27. The number of carbonyl (C=O) groups is 1. The fourth-order valence-corrected chi connectivity index (χ4v) is 2.55. The van der Waals surface area contributed by atoms with Crippen molar-refractivity contribution in [2.24, 2.45) is 11.7 Å². The SMILES string of the molecule is N[C@H]1CC[C@H](C(=O)CN2CCOCC2)CC1. The summed E-state index contributed by atoms with van der Waals surface area (Å²) < 4.78 is 5.27. The van der Waals surface area contributed by atoms with Crippen molar-refractivity contribution in [3.63, 3.8) is 0 Å². The molecule has 2 aliphatic rings. The molecule has 1 saturated heterocycles. The second kappa shape index (κ2) is 5.75. The first-order valence-electron chi connectivity index (χ1n) is 6.34. The molecule has 4 nitrogen and oxygen atoms in total. The number of rotatable bonds is 3. The second-order valence-electron chi connectivity index (χ2n) is 4.97. The zero-order chi connectivity index (χ0) is 11.4. The van der Waals surface area contributed by atoms with Crippen LogP contribution in [0, 0.1) is 5.92 Å². The molecule has 0 aromatic carbocycles. The van der Waals surface area contributed by atoms with E-state index in [0.29, 0.717) is 18.4 Å². The van der Waals surface area contributed by atoms with Crippen molar-refractivity contribution >= 4 is 5.78 Å². The standard InChI is InChI=1S/C12H22N2O2/c13-11-3-1-10(2-4-11)12(15)9-14-5-7-16-8-6-14/h10-11H,1-9,13H2/t10-,11-. The third-order valence-corrected chi connectivity index (χ3v) is 3.71. The molecule has 0 spiro atoms. The molecule has 0 aromatic heterocycles. The number of hydrogen-bond acceptors (Lipinski definition) is 4.